The SMILES string of the molecule is CCC(=O)Nc1ccc(C)c(NC(=O)CCc2ccc(S(=O)(=O)N3CCCCC3)cc2)c1. The molecule has 2 amide bonds. The fourth-order valence-electron chi connectivity index (χ4n) is 3.64. The molecule has 0 spiro atoms. The third-order valence-electron chi connectivity index (χ3n) is 5.63. The topological polar surface area (TPSA) is 95.6 Å². The van der Waals surface area contributed by atoms with E-state index in [1.165, 1.54) is 0 Å². The molecule has 0 saturated carbocycles. The van der Waals surface area contributed by atoms with Gasteiger partial charge in [-0.3, -0.25) is 9.59 Å². The molecule has 1 saturated heterocycles. The van der Waals surface area contributed by atoms with Crippen molar-refractivity contribution >= 4 is 33.2 Å². The molecule has 1 aliphatic heterocycles. The second-order valence-electron chi connectivity index (χ2n) is 8.09. The Kier molecular flexibility index (Phi) is 8.04. The van der Waals surface area contributed by atoms with Gasteiger partial charge in [0.15, 0.2) is 0 Å². The first-order valence-electron chi connectivity index (χ1n) is 11.1. The lowest BCUT2D eigenvalue weighted by atomic mass is 10.1. The van der Waals surface area contributed by atoms with Crippen molar-refractivity contribution in [2.45, 2.75) is 57.3 Å². The number of anilines is 2. The second-order valence-corrected chi connectivity index (χ2v) is 10.0. The quantitative estimate of drug-likeness (QED) is 0.624. The minimum Gasteiger partial charge on any atom is -0.326 e. The number of hydrogen-bond donors (Lipinski definition) is 2. The summed E-state index contributed by atoms with van der Waals surface area (Å²) >= 11 is 0. The van der Waals surface area contributed by atoms with E-state index in [9.17, 15) is 18.0 Å². The molecule has 0 aliphatic carbocycles. The highest BCUT2D eigenvalue weighted by molar-refractivity contribution is 7.89. The Morgan fingerprint density at radius 2 is 1.62 bits per heavy atom. The van der Waals surface area contributed by atoms with Gasteiger partial charge in [0.1, 0.15) is 0 Å². The lowest BCUT2D eigenvalue weighted by molar-refractivity contribution is -0.116. The Labute approximate surface area is 190 Å². The van der Waals surface area contributed by atoms with Gasteiger partial charge < -0.3 is 10.6 Å². The summed E-state index contributed by atoms with van der Waals surface area (Å²) in [4.78, 5) is 24.4. The number of aryl methyl sites for hydroxylation is 2. The van der Waals surface area contributed by atoms with E-state index in [2.05, 4.69) is 10.6 Å². The van der Waals surface area contributed by atoms with Crippen molar-refractivity contribution in [2.75, 3.05) is 23.7 Å². The Morgan fingerprint density at radius 1 is 0.938 bits per heavy atom. The largest absolute Gasteiger partial charge is 0.326 e. The van der Waals surface area contributed by atoms with Gasteiger partial charge in [0.2, 0.25) is 21.8 Å². The maximum Gasteiger partial charge on any atom is 0.243 e. The number of amides is 2. The molecule has 3 rings (SSSR count). The predicted molar refractivity (Wildman–Crippen MR) is 126 cm³/mol. The van der Waals surface area contributed by atoms with Crippen molar-refractivity contribution in [2.24, 2.45) is 0 Å². The van der Waals surface area contributed by atoms with E-state index in [0.29, 0.717) is 42.2 Å². The molecule has 0 radical (unpaired) electrons. The second kappa shape index (κ2) is 10.7. The lowest BCUT2D eigenvalue weighted by Gasteiger charge is -2.25. The first-order chi connectivity index (χ1) is 15.3. The van der Waals surface area contributed by atoms with E-state index in [0.717, 1.165) is 30.4 Å². The van der Waals surface area contributed by atoms with Gasteiger partial charge in [0, 0.05) is 37.3 Å². The maximum atomic E-state index is 12.7. The van der Waals surface area contributed by atoms with Crippen molar-refractivity contribution in [1.82, 2.24) is 4.31 Å². The molecule has 0 bridgehead atoms. The number of sulfonamides is 1. The molecule has 8 heteroatoms. The summed E-state index contributed by atoms with van der Waals surface area (Å²) in [5.74, 6) is -0.228. The van der Waals surface area contributed by atoms with Crippen LogP contribution in [0.1, 0.15) is 50.2 Å². The number of carbonyl (C=O) groups excluding carboxylic acids is 2. The van der Waals surface area contributed by atoms with E-state index < -0.39 is 10.0 Å². The van der Waals surface area contributed by atoms with Crippen LogP contribution >= 0.6 is 0 Å². The molecule has 1 aliphatic rings. The van der Waals surface area contributed by atoms with Gasteiger partial charge in [-0.1, -0.05) is 31.5 Å². The highest BCUT2D eigenvalue weighted by atomic mass is 32.2. The van der Waals surface area contributed by atoms with Gasteiger partial charge in [0.05, 0.1) is 4.90 Å². The molecule has 2 N–H and O–H groups in total. The van der Waals surface area contributed by atoms with Crippen LogP contribution in [0.15, 0.2) is 47.4 Å². The Balaban J connectivity index is 1.57. The Bertz CT molecular complexity index is 1060. The number of rotatable bonds is 8. The molecule has 1 fully saturated rings. The molecular weight excluding hydrogens is 426 g/mol. The molecule has 2 aromatic carbocycles. The normalized spacial score (nSPS) is 14.7. The highest BCUT2D eigenvalue weighted by Gasteiger charge is 2.25. The van der Waals surface area contributed by atoms with Crippen LogP contribution < -0.4 is 10.6 Å². The average molecular weight is 458 g/mol. The number of piperidine rings is 1. The number of nitrogens with one attached hydrogen (secondary N) is 2. The molecule has 2 aromatic rings. The summed E-state index contributed by atoms with van der Waals surface area (Å²) in [6, 6.07) is 12.2. The number of benzene rings is 2. The molecule has 0 aromatic heterocycles. The average Bonchev–Trinajstić information content (AvgIpc) is 2.80. The van der Waals surface area contributed by atoms with Gasteiger partial charge in [-0.2, -0.15) is 4.31 Å². The van der Waals surface area contributed by atoms with Crippen molar-refractivity contribution in [3.63, 3.8) is 0 Å². The van der Waals surface area contributed by atoms with E-state index in [1.807, 2.05) is 13.0 Å². The summed E-state index contributed by atoms with van der Waals surface area (Å²) in [5.41, 5.74) is 3.11. The minimum atomic E-state index is -3.45. The summed E-state index contributed by atoms with van der Waals surface area (Å²) in [5, 5.41) is 5.69. The van der Waals surface area contributed by atoms with Gasteiger partial charge >= 0.3 is 0 Å². The molecule has 1 heterocycles. The zero-order chi connectivity index (χ0) is 23.1. The summed E-state index contributed by atoms with van der Waals surface area (Å²) in [6.45, 7) is 4.82. The van der Waals surface area contributed by atoms with Crippen molar-refractivity contribution in [3.05, 3.63) is 53.6 Å². The number of carbonyl (C=O) groups is 2. The standard InChI is InChI=1S/C24H31N3O4S/c1-3-23(28)25-20-11-7-18(2)22(17-20)26-24(29)14-10-19-8-12-21(13-9-19)32(30,31)27-15-5-4-6-16-27/h7-9,11-13,17H,3-6,10,14-16H2,1-2H3,(H,25,28)(H,26,29). The van der Waals surface area contributed by atoms with Crippen LogP contribution in [-0.2, 0) is 26.0 Å². The van der Waals surface area contributed by atoms with Crippen LogP contribution in [0.25, 0.3) is 0 Å². The van der Waals surface area contributed by atoms with Gasteiger partial charge in [-0.25, -0.2) is 8.42 Å². The minimum absolute atomic E-state index is 0.0862. The monoisotopic (exact) mass is 457 g/mol. The van der Waals surface area contributed by atoms with Gasteiger partial charge in [-0.15, -0.1) is 0 Å². The van der Waals surface area contributed by atoms with Crippen molar-refractivity contribution in [1.29, 1.82) is 0 Å². The van der Waals surface area contributed by atoms with Crippen LogP contribution in [0.4, 0.5) is 11.4 Å². The molecule has 0 atom stereocenters. The highest BCUT2D eigenvalue weighted by Crippen LogP contribution is 2.22. The first-order valence-corrected chi connectivity index (χ1v) is 12.5. The fourth-order valence-corrected chi connectivity index (χ4v) is 5.15. The number of nitrogens with zero attached hydrogens (tertiary/aromatic N) is 1. The van der Waals surface area contributed by atoms with Crippen LogP contribution in [0, 0.1) is 6.92 Å². The lowest BCUT2D eigenvalue weighted by Crippen LogP contribution is -2.35. The number of hydrogen-bond acceptors (Lipinski definition) is 4. The van der Waals surface area contributed by atoms with Crippen molar-refractivity contribution < 1.29 is 18.0 Å². The predicted octanol–water partition coefficient (Wildman–Crippen LogP) is 4.09. The zero-order valence-electron chi connectivity index (χ0n) is 18.7. The molecule has 0 unspecified atom stereocenters. The van der Waals surface area contributed by atoms with Gasteiger partial charge in [0.25, 0.3) is 0 Å². The van der Waals surface area contributed by atoms with Crippen LogP contribution in [-0.4, -0.2) is 37.6 Å². The van der Waals surface area contributed by atoms with E-state index in [4.69, 9.17) is 0 Å². The molecule has 7 nitrogen and oxygen atoms in total. The zero-order valence-corrected chi connectivity index (χ0v) is 19.5. The van der Waals surface area contributed by atoms with Crippen LogP contribution in [0.5, 0.6) is 0 Å². The first kappa shape index (κ1) is 23.9. The third kappa shape index (κ3) is 6.17. The summed E-state index contributed by atoms with van der Waals surface area (Å²) in [7, 11) is -3.45. The summed E-state index contributed by atoms with van der Waals surface area (Å²) in [6.07, 6.45) is 4.03. The van der Waals surface area contributed by atoms with Crippen LogP contribution in [0.3, 0.4) is 0 Å². The van der Waals surface area contributed by atoms with Crippen LogP contribution in [0.2, 0.25) is 0 Å². The van der Waals surface area contributed by atoms with Crippen molar-refractivity contribution in [3.8, 4) is 0 Å². The smallest absolute Gasteiger partial charge is 0.243 e. The van der Waals surface area contributed by atoms with E-state index in [-0.39, 0.29) is 18.2 Å². The van der Waals surface area contributed by atoms with E-state index >= 15 is 0 Å². The van der Waals surface area contributed by atoms with Gasteiger partial charge in [-0.05, 0) is 61.6 Å². The molecule has 172 valence electrons. The van der Waals surface area contributed by atoms with E-state index in [1.54, 1.807) is 47.6 Å². The Morgan fingerprint density at radius 3 is 2.28 bits per heavy atom. The third-order valence-corrected chi connectivity index (χ3v) is 7.55. The summed E-state index contributed by atoms with van der Waals surface area (Å²) < 4.78 is 27.1. The maximum absolute atomic E-state index is 12.7. The molecule has 32 heavy (non-hydrogen) atoms. The fraction of sp³-hybridized carbons (Fsp3) is 0.417. The molecular formula is C24H31N3O4S. The Hall–Kier alpha value is -2.71.